The van der Waals surface area contributed by atoms with Gasteiger partial charge >= 0.3 is 0 Å². The molecule has 5 heteroatoms. The molecule has 0 bridgehead atoms. The first-order chi connectivity index (χ1) is 17.7. The van der Waals surface area contributed by atoms with Crippen LogP contribution >= 0.6 is 0 Å². The normalized spacial score (nSPS) is 21.1. The van der Waals surface area contributed by atoms with E-state index in [9.17, 15) is 10.5 Å². The molecule has 6 rings (SSSR count). The summed E-state index contributed by atoms with van der Waals surface area (Å²) in [4.78, 5) is 5.04. The lowest BCUT2D eigenvalue weighted by atomic mass is 9.89. The van der Waals surface area contributed by atoms with Crippen LogP contribution in [0, 0.1) is 11.3 Å². The van der Waals surface area contributed by atoms with Gasteiger partial charge in [-0.15, -0.1) is 0 Å². The van der Waals surface area contributed by atoms with Gasteiger partial charge in [-0.05, 0) is 42.7 Å². The predicted octanol–water partition coefficient (Wildman–Crippen LogP) is 6.71. The van der Waals surface area contributed by atoms with Crippen molar-refractivity contribution in [1.29, 1.82) is 5.41 Å². The Kier molecular flexibility index (Phi) is 6.49. The second-order valence-corrected chi connectivity index (χ2v) is 10.7. The van der Waals surface area contributed by atoms with E-state index in [0.29, 0.717) is 11.4 Å². The van der Waals surface area contributed by atoms with E-state index >= 15 is 0 Å². The van der Waals surface area contributed by atoms with Gasteiger partial charge in [-0.25, -0.2) is 4.98 Å². The van der Waals surface area contributed by atoms with E-state index in [4.69, 9.17) is 4.98 Å². The average molecular weight is 481 g/mol. The minimum Gasteiger partial charge on any atom is -0.391 e. The predicted molar refractivity (Wildman–Crippen MR) is 145 cm³/mol. The molecule has 2 aromatic carbocycles. The number of fused-ring (bicyclic) bond motifs is 1. The molecule has 186 valence electrons. The zero-order valence-electron chi connectivity index (χ0n) is 20.9. The van der Waals surface area contributed by atoms with Gasteiger partial charge in [0, 0.05) is 12.1 Å². The first-order valence-electron chi connectivity index (χ1n) is 13.7. The highest BCUT2D eigenvalue weighted by Crippen LogP contribution is 2.41. The Hall–Kier alpha value is -3.18. The van der Waals surface area contributed by atoms with Crippen molar-refractivity contribution in [3.05, 3.63) is 72.5 Å². The van der Waals surface area contributed by atoms with Gasteiger partial charge in [-0.3, -0.25) is 5.41 Å². The smallest absolute Gasteiger partial charge is 0.146 e. The summed E-state index contributed by atoms with van der Waals surface area (Å²) in [6.45, 7) is 0.927. The lowest BCUT2D eigenvalue weighted by Crippen LogP contribution is -2.35. The van der Waals surface area contributed by atoms with E-state index in [0.717, 1.165) is 65.6 Å². The molecule has 2 aromatic heterocycles. The molecular weight excluding hydrogens is 444 g/mol. The molecule has 36 heavy (non-hydrogen) atoms. The fraction of sp³-hybridized carbons (Fsp3) is 0.419. The fourth-order valence-corrected chi connectivity index (χ4v) is 6.52. The molecule has 0 amide bonds. The van der Waals surface area contributed by atoms with E-state index in [2.05, 4.69) is 59.2 Å². The van der Waals surface area contributed by atoms with Crippen LogP contribution in [0.1, 0.15) is 63.8 Å². The Morgan fingerprint density at radius 3 is 2.14 bits per heavy atom. The summed E-state index contributed by atoms with van der Waals surface area (Å²) >= 11 is 0. The monoisotopic (exact) mass is 480 g/mol. The summed E-state index contributed by atoms with van der Waals surface area (Å²) in [7, 11) is 0. The topological polar surface area (TPSA) is 66.8 Å². The minimum atomic E-state index is -0.426. The van der Waals surface area contributed by atoms with Crippen molar-refractivity contribution in [1.82, 2.24) is 14.1 Å². The third-order valence-electron chi connectivity index (χ3n) is 8.36. The van der Waals surface area contributed by atoms with Crippen molar-refractivity contribution in [2.75, 3.05) is 0 Å². The second-order valence-electron chi connectivity index (χ2n) is 10.7. The first kappa shape index (κ1) is 23.2. The summed E-state index contributed by atoms with van der Waals surface area (Å²) < 4.78 is 4.35. The molecule has 2 unspecified atom stereocenters. The van der Waals surface area contributed by atoms with Gasteiger partial charge < -0.3 is 14.2 Å². The molecule has 2 saturated carbocycles. The van der Waals surface area contributed by atoms with Gasteiger partial charge in [-0.1, -0.05) is 92.8 Å². The summed E-state index contributed by atoms with van der Waals surface area (Å²) in [6, 6.07) is 21.0. The molecule has 0 aliphatic heterocycles. The molecule has 2 fully saturated rings. The number of rotatable bonds is 5. The van der Waals surface area contributed by atoms with E-state index in [1.807, 2.05) is 17.0 Å². The van der Waals surface area contributed by atoms with Gasteiger partial charge in [0.2, 0.25) is 0 Å². The largest absolute Gasteiger partial charge is 0.391 e. The van der Waals surface area contributed by atoms with Crippen molar-refractivity contribution >= 4 is 11.0 Å². The molecular formula is C31H36N4O. The van der Waals surface area contributed by atoms with E-state index in [1.165, 1.54) is 32.1 Å². The summed E-state index contributed by atoms with van der Waals surface area (Å²) in [5.41, 5.74) is 5.87. The van der Waals surface area contributed by atoms with Crippen LogP contribution < -0.4 is 5.49 Å². The number of nitrogens with one attached hydrogen (secondary N) is 1. The zero-order chi connectivity index (χ0) is 24.5. The number of aliphatic hydroxyl groups is 1. The molecule has 2 atom stereocenters. The van der Waals surface area contributed by atoms with E-state index < -0.39 is 6.10 Å². The van der Waals surface area contributed by atoms with Crippen molar-refractivity contribution < 1.29 is 5.11 Å². The molecule has 5 nitrogen and oxygen atoms in total. The molecule has 0 radical (unpaired) electrons. The number of benzene rings is 2. The third-order valence-corrected chi connectivity index (χ3v) is 8.36. The van der Waals surface area contributed by atoms with Gasteiger partial charge in [0.15, 0.2) is 0 Å². The van der Waals surface area contributed by atoms with Crippen LogP contribution in [0.2, 0.25) is 0 Å². The van der Waals surface area contributed by atoms with Crippen LogP contribution in [0.15, 0.2) is 67.0 Å². The minimum absolute atomic E-state index is 0.0892. The van der Waals surface area contributed by atoms with Gasteiger partial charge in [-0.2, -0.15) is 0 Å². The first-order valence-corrected chi connectivity index (χ1v) is 13.7. The maximum absolute atomic E-state index is 10.8. The summed E-state index contributed by atoms with van der Waals surface area (Å²) in [6.07, 6.45) is 11.6. The van der Waals surface area contributed by atoms with Crippen LogP contribution in [-0.4, -0.2) is 25.3 Å². The highest BCUT2D eigenvalue weighted by atomic mass is 16.3. The van der Waals surface area contributed by atoms with Crippen LogP contribution in [0.5, 0.6) is 0 Å². The van der Waals surface area contributed by atoms with Gasteiger partial charge in [0.05, 0.1) is 29.6 Å². The molecule has 2 heterocycles. The zero-order valence-corrected chi connectivity index (χ0v) is 20.9. The molecule has 2 aliphatic carbocycles. The molecule has 0 spiro atoms. The Labute approximate surface area is 213 Å². The third kappa shape index (κ3) is 4.20. The van der Waals surface area contributed by atoms with Crippen molar-refractivity contribution in [2.24, 2.45) is 5.92 Å². The van der Waals surface area contributed by atoms with E-state index in [1.54, 1.807) is 0 Å². The lowest BCUT2D eigenvalue weighted by Gasteiger charge is -2.29. The quantitative estimate of drug-likeness (QED) is 0.333. The Bertz CT molecular complexity index is 1380. The Morgan fingerprint density at radius 1 is 0.806 bits per heavy atom. The summed E-state index contributed by atoms with van der Waals surface area (Å²) in [5.74, 6) is 0.629. The van der Waals surface area contributed by atoms with Crippen molar-refractivity contribution in [3.8, 4) is 22.4 Å². The van der Waals surface area contributed by atoms with Crippen molar-refractivity contribution in [3.63, 3.8) is 0 Å². The number of hydrogen-bond donors (Lipinski definition) is 2. The molecule has 4 aromatic rings. The fourth-order valence-electron chi connectivity index (χ4n) is 6.52. The molecule has 2 N–H and O–H groups in total. The molecule has 2 aliphatic rings. The van der Waals surface area contributed by atoms with Gasteiger partial charge in [0.1, 0.15) is 11.1 Å². The SMILES string of the molecule is N=c1c2c(-c3ccccc3)c(-c3ccccc3)n(CC3CCCCC3)c2ncn1C1CCCCC1O. The number of aromatic nitrogens is 3. The number of hydrogen-bond acceptors (Lipinski definition) is 3. The van der Waals surface area contributed by atoms with Crippen molar-refractivity contribution in [2.45, 2.75) is 76.5 Å². The maximum Gasteiger partial charge on any atom is 0.146 e. The average Bonchev–Trinajstić information content (AvgIpc) is 3.26. The van der Waals surface area contributed by atoms with Gasteiger partial charge in [0.25, 0.3) is 0 Å². The molecule has 0 saturated heterocycles. The van der Waals surface area contributed by atoms with Crippen LogP contribution in [0.25, 0.3) is 33.4 Å². The Balaban J connectivity index is 1.64. The highest BCUT2D eigenvalue weighted by Gasteiger charge is 2.29. The van der Waals surface area contributed by atoms with Crippen LogP contribution in [0.4, 0.5) is 0 Å². The number of nitrogens with zero attached hydrogens (tertiary/aromatic N) is 3. The second kappa shape index (κ2) is 10.1. The summed E-state index contributed by atoms with van der Waals surface area (Å²) in [5, 5.41) is 21.2. The Morgan fingerprint density at radius 2 is 1.44 bits per heavy atom. The number of aliphatic hydroxyl groups excluding tert-OH is 1. The standard InChI is InChI=1S/C31H36N4O/c32-30-28-27(23-14-6-2-7-15-23)29(24-16-8-3-9-17-24)34(20-22-12-4-1-5-13-22)31(28)33-21-35(30)25-18-10-11-19-26(25)36/h2-3,6-9,14-17,21-22,25-26,32,36H,1,4-5,10-13,18-20H2. The van der Waals surface area contributed by atoms with E-state index in [-0.39, 0.29) is 6.04 Å². The maximum atomic E-state index is 10.8. The highest BCUT2D eigenvalue weighted by molar-refractivity contribution is 6.02. The van der Waals surface area contributed by atoms with Crippen LogP contribution in [-0.2, 0) is 6.54 Å². The lowest BCUT2D eigenvalue weighted by molar-refractivity contribution is 0.0729. The van der Waals surface area contributed by atoms with Crippen LogP contribution in [0.3, 0.4) is 0 Å².